The Labute approximate surface area is 358 Å². The molecule has 0 radical (unpaired) electrons. The normalized spacial score (nSPS) is 11.5. The first-order chi connectivity index (χ1) is 30.8. The van der Waals surface area contributed by atoms with Gasteiger partial charge in [0.2, 0.25) is 0 Å². The number of fused-ring (bicyclic) bond motifs is 6. The predicted octanol–water partition coefficient (Wildman–Crippen LogP) is 12.8. The van der Waals surface area contributed by atoms with E-state index in [0.717, 1.165) is 56.6 Å². The first-order valence-corrected chi connectivity index (χ1v) is 21.0. The van der Waals surface area contributed by atoms with Gasteiger partial charge in [-0.2, -0.15) is 0 Å². The van der Waals surface area contributed by atoms with E-state index in [1.54, 1.807) is 0 Å². The molecule has 0 aliphatic rings. The molecule has 12 rings (SSSR count). The first-order valence-electron chi connectivity index (χ1n) is 21.0. The highest BCUT2D eigenvalue weighted by Crippen LogP contribution is 2.38. The molecule has 62 heavy (non-hydrogen) atoms. The lowest BCUT2D eigenvalue weighted by Crippen LogP contribution is -2.48. The lowest BCUT2D eigenvalue weighted by molar-refractivity contribution is -0.728. The number of aromatic nitrogens is 5. The zero-order valence-corrected chi connectivity index (χ0v) is 33.8. The van der Waals surface area contributed by atoms with Crippen LogP contribution in [0.15, 0.2) is 237 Å². The van der Waals surface area contributed by atoms with Crippen LogP contribution in [0.1, 0.15) is 0 Å². The molecule has 290 valence electrons. The molecule has 0 unspecified atom stereocenters. The molecule has 0 spiro atoms. The zero-order chi connectivity index (χ0) is 41.0. The summed E-state index contributed by atoms with van der Waals surface area (Å²) in [5.41, 5.74) is 13.4. The number of para-hydroxylation sites is 5. The lowest BCUT2D eigenvalue weighted by atomic mass is 10.0. The Kier molecular flexibility index (Phi) is 8.42. The van der Waals surface area contributed by atoms with Gasteiger partial charge in [-0.25, -0.2) is 0 Å². The van der Waals surface area contributed by atoms with Gasteiger partial charge in [0, 0.05) is 32.9 Å². The first kappa shape index (κ1) is 35.5. The van der Waals surface area contributed by atoms with Crippen LogP contribution in [-0.2, 0) is 0 Å². The Balaban J connectivity index is 1.02. The van der Waals surface area contributed by atoms with Crippen LogP contribution in [0, 0.1) is 0 Å². The summed E-state index contributed by atoms with van der Waals surface area (Å²) in [5.74, 6) is 1.70. The molecule has 5 heteroatoms. The highest BCUT2D eigenvalue weighted by atomic mass is 15.2. The van der Waals surface area contributed by atoms with Crippen molar-refractivity contribution in [1.82, 2.24) is 14.1 Å². The van der Waals surface area contributed by atoms with Gasteiger partial charge in [0.05, 0.1) is 38.2 Å². The van der Waals surface area contributed by atoms with Gasteiger partial charge in [-0.1, -0.05) is 127 Å². The van der Waals surface area contributed by atoms with E-state index in [-0.39, 0.29) is 0 Å². The van der Waals surface area contributed by atoms with Gasteiger partial charge in [-0.15, -0.1) is 9.13 Å². The van der Waals surface area contributed by atoms with Crippen LogP contribution in [0.5, 0.6) is 0 Å². The average Bonchev–Trinajstić information content (AvgIpc) is 3.87. The molecule has 3 heterocycles. The van der Waals surface area contributed by atoms with E-state index in [0.29, 0.717) is 0 Å². The maximum atomic E-state index is 5.53. The van der Waals surface area contributed by atoms with E-state index in [9.17, 15) is 0 Å². The van der Waals surface area contributed by atoms with E-state index >= 15 is 0 Å². The molecule has 9 aromatic carbocycles. The van der Waals surface area contributed by atoms with Crippen molar-refractivity contribution in [1.29, 1.82) is 0 Å². The summed E-state index contributed by atoms with van der Waals surface area (Å²) < 4.78 is 9.14. The van der Waals surface area contributed by atoms with Crippen molar-refractivity contribution in [2.45, 2.75) is 0 Å². The maximum Gasteiger partial charge on any atom is 0.407 e. The van der Waals surface area contributed by atoms with Gasteiger partial charge < -0.3 is 9.13 Å². The van der Waals surface area contributed by atoms with Crippen molar-refractivity contribution in [2.24, 2.45) is 0 Å². The number of hydrogen-bond donors (Lipinski definition) is 0. The molecule has 12 aromatic rings. The van der Waals surface area contributed by atoms with Crippen LogP contribution in [-0.4, -0.2) is 14.1 Å². The molecular formula is C57H39N5+2. The van der Waals surface area contributed by atoms with Gasteiger partial charge in [0.15, 0.2) is 11.4 Å². The molecule has 0 aliphatic carbocycles. The summed E-state index contributed by atoms with van der Waals surface area (Å²) in [4.78, 5) is 5.53. The SMILES string of the molecule is c1ccc(-c2nc(-c3cccc(-n4c5ccccc5c5cc(-c6ccc7c(c6)c6ccccc6n7-c6ccccc6)ccc54)c3)[n+](-c3ccccc3)c[n+]2-c2ccccc2)cc1. The van der Waals surface area contributed by atoms with Crippen molar-refractivity contribution in [3.63, 3.8) is 0 Å². The molecule has 0 amide bonds. The number of benzene rings is 9. The van der Waals surface area contributed by atoms with Crippen molar-refractivity contribution in [2.75, 3.05) is 0 Å². The summed E-state index contributed by atoms with van der Waals surface area (Å²) >= 11 is 0. The van der Waals surface area contributed by atoms with Gasteiger partial charge in [-0.05, 0) is 114 Å². The Morgan fingerprint density at radius 3 is 1.27 bits per heavy atom. The van der Waals surface area contributed by atoms with E-state index in [1.165, 1.54) is 43.7 Å². The van der Waals surface area contributed by atoms with Gasteiger partial charge in [0.1, 0.15) is 0 Å². The maximum absolute atomic E-state index is 5.53. The minimum atomic E-state index is 0.844. The second-order valence-corrected chi connectivity index (χ2v) is 15.7. The fraction of sp³-hybridized carbons (Fsp3) is 0. The van der Waals surface area contributed by atoms with Crippen molar-refractivity contribution >= 4 is 43.6 Å². The van der Waals surface area contributed by atoms with Crippen LogP contribution in [0.4, 0.5) is 0 Å². The Bertz CT molecular complexity index is 3610. The summed E-state index contributed by atoms with van der Waals surface area (Å²) in [6.07, 6.45) is 2.17. The minimum absolute atomic E-state index is 0.844. The highest BCUT2D eigenvalue weighted by molar-refractivity contribution is 6.12. The molecule has 0 fully saturated rings. The fourth-order valence-electron chi connectivity index (χ4n) is 9.20. The number of rotatable bonds is 7. The second kappa shape index (κ2) is 14.7. The third kappa shape index (κ3) is 5.90. The van der Waals surface area contributed by atoms with Gasteiger partial charge in [0.25, 0.3) is 0 Å². The van der Waals surface area contributed by atoms with E-state index in [2.05, 4.69) is 243 Å². The lowest BCUT2D eigenvalue weighted by Gasteiger charge is -2.10. The Morgan fingerprint density at radius 1 is 0.290 bits per heavy atom. The topological polar surface area (TPSA) is 30.5 Å². The third-order valence-corrected chi connectivity index (χ3v) is 12.1. The molecule has 0 N–H and O–H groups in total. The average molecular weight is 794 g/mol. The quantitative estimate of drug-likeness (QED) is 0.148. The van der Waals surface area contributed by atoms with E-state index < -0.39 is 0 Å². The van der Waals surface area contributed by atoms with Crippen LogP contribution in [0.3, 0.4) is 0 Å². The third-order valence-electron chi connectivity index (χ3n) is 12.1. The second-order valence-electron chi connectivity index (χ2n) is 15.7. The summed E-state index contributed by atoms with van der Waals surface area (Å²) in [6, 6.07) is 82.1. The molecule has 0 saturated carbocycles. The van der Waals surface area contributed by atoms with Crippen molar-refractivity contribution in [3.05, 3.63) is 237 Å². The van der Waals surface area contributed by atoms with Crippen LogP contribution < -0.4 is 9.13 Å². The molecule has 0 saturated heterocycles. The largest absolute Gasteiger partial charge is 0.407 e. The van der Waals surface area contributed by atoms with Crippen LogP contribution in [0.2, 0.25) is 0 Å². The van der Waals surface area contributed by atoms with Crippen LogP contribution in [0.25, 0.3) is 100 Å². The Hall–Kier alpha value is -8.41. The number of hydrogen-bond acceptors (Lipinski definition) is 1. The van der Waals surface area contributed by atoms with Gasteiger partial charge in [-0.3, -0.25) is 0 Å². The highest BCUT2D eigenvalue weighted by Gasteiger charge is 2.32. The summed E-state index contributed by atoms with van der Waals surface area (Å²) in [7, 11) is 0. The molecule has 5 nitrogen and oxygen atoms in total. The fourth-order valence-corrected chi connectivity index (χ4v) is 9.20. The van der Waals surface area contributed by atoms with E-state index in [1.807, 2.05) is 12.1 Å². The monoisotopic (exact) mass is 793 g/mol. The van der Waals surface area contributed by atoms with Crippen molar-refractivity contribution < 1.29 is 9.13 Å². The summed E-state index contributed by atoms with van der Waals surface area (Å²) in [5, 5.41) is 4.91. The van der Waals surface area contributed by atoms with Gasteiger partial charge >= 0.3 is 18.0 Å². The molecule has 0 bridgehead atoms. The summed E-state index contributed by atoms with van der Waals surface area (Å²) in [6.45, 7) is 0. The molecule has 0 atom stereocenters. The Morgan fingerprint density at radius 2 is 0.710 bits per heavy atom. The number of nitrogens with zero attached hydrogens (tertiary/aromatic N) is 5. The molecule has 0 aliphatic heterocycles. The van der Waals surface area contributed by atoms with E-state index in [4.69, 9.17) is 4.98 Å². The molecular weight excluding hydrogens is 755 g/mol. The standard InChI is InChI=1S/C57H39N5/c1-5-18-40(19-6-1)56-58-57(60(45-23-9-3-10-24-45)39-59(56)44-21-7-2-8-22-44)43-20-17-27-47(36-43)62-53-31-16-14-29-49(53)51-38-42(33-35-55(51)62)41-32-34-54-50(37-41)48-28-13-15-30-52(48)61(54)46-25-11-4-12-26-46/h1-39H/q+2. The predicted molar refractivity (Wildman–Crippen MR) is 252 cm³/mol. The minimum Gasteiger partial charge on any atom is -0.309 e. The van der Waals surface area contributed by atoms with Crippen molar-refractivity contribution in [3.8, 4) is 56.7 Å². The smallest absolute Gasteiger partial charge is 0.309 e. The molecule has 3 aromatic heterocycles. The zero-order valence-electron chi connectivity index (χ0n) is 33.8. The van der Waals surface area contributed by atoms with Crippen LogP contribution >= 0.6 is 0 Å².